The lowest BCUT2D eigenvalue weighted by molar-refractivity contribution is -0.137. The van der Waals surface area contributed by atoms with Crippen molar-refractivity contribution in [1.82, 2.24) is 9.88 Å². The smallest absolute Gasteiger partial charge is 0.321 e. The largest absolute Gasteiger partial charge is 0.481 e. The van der Waals surface area contributed by atoms with Crippen LogP contribution in [0.25, 0.3) is 11.5 Å². The number of oxazole rings is 1. The van der Waals surface area contributed by atoms with E-state index >= 15 is 0 Å². The lowest BCUT2D eigenvalue weighted by Gasteiger charge is -2.17. The zero-order chi connectivity index (χ0) is 16.1. The van der Waals surface area contributed by atoms with Crippen molar-refractivity contribution in [3.63, 3.8) is 0 Å². The van der Waals surface area contributed by atoms with E-state index in [2.05, 4.69) is 10.3 Å². The van der Waals surface area contributed by atoms with Crippen LogP contribution in [0.2, 0.25) is 0 Å². The summed E-state index contributed by atoms with van der Waals surface area (Å²) in [6.45, 7) is 2.06. The molecule has 0 aliphatic heterocycles. The third-order valence-corrected chi connectivity index (χ3v) is 3.16. The van der Waals surface area contributed by atoms with Crippen molar-refractivity contribution in [2.24, 2.45) is 0 Å². The molecule has 7 nitrogen and oxygen atoms in total. The minimum Gasteiger partial charge on any atom is -0.481 e. The Kier molecular flexibility index (Phi) is 4.77. The van der Waals surface area contributed by atoms with Crippen LogP contribution < -0.4 is 5.32 Å². The molecule has 0 radical (unpaired) electrons. The van der Waals surface area contributed by atoms with E-state index in [0.717, 1.165) is 11.1 Å². The fourth-order valence-corrected chi connectivity index (χ4v) is 1.87. The van der Waals surface area contributed by atoms with Crippen molar-refractivity contribution in [1.29, 1.82) is 0 Å². The monoisotopic (exact) mass is 303 g/mol. The molecular formula is C15H17N3O4. The highest BCUT2D eigenvalue weighted by atomic mass is 16.4. The molecule has 0 aliphatic rings. The Morgan fingerprint density at radius 2 is 2.18 bits per heavy atom. The summed E-state index contributed by atoms with van der Waals surface area (Å²) in [7, 11) is 1.54. The van der Waals surface area contributed by atoms with Crippen molar-refractivity contribution in [3.8, 4) is 11.5 Å². The van der Waals surface area contributed by atoms with Gasteiger partial charge in [-0.2, -0.15) is 0 Å². The summed E-state index contributed by atoms with van der Waals surface area (Å²) in [6.07, 6.45) is 2.94. The molecule has 0 aliphatic carbocycles. The SMILES string of the molecule is Cc1ccc(NC(=O)N(C)CCC(=O)O)cc1-c1ncco1. The first-order valence-electron chi connectivity index (χ1n) is 6.72. The fourth-order valence-electron chi connectivity index (χ4n) is 1.87. The van der Waals surface area contributed by atoms with Crippen LogP contribution >= 0.6 is 0 Å². The number of nitrogens with zero attached hydrogens (tertiary/aromatic N) is 2. The van der Waals surface area contributed by atoms with Crippen LogP contribution in [-0.2, 0) is 4.79 Å². The third-order valence-electron chi connectivity index (χ3n) is 3.16. The number of aliphatic carboxylic acids is 1. The number of carbonyl (C=O) groups is 2. The van der Waals surface area contributed by atoms with Crippen LogP contribution in [0.15, 0.2) is 35.1 Å². The Morgan fingerprint density at radius 3 is 2.82 bits per heavy atom. The van der Waals surface area contributed by atoms with Crippen LogP contribution in [0.3, 0.4) is 0 Å². The van der Waals surface area contributed by atoms with Gasteiger partial charge in [-0.15, -0.1) is 0 Å². The Labute approximate surface area is 127 Å². The Balaban J connectivity index is 2.08. The number of carbonyl (C=O) groups excluding carboxylic acids is 1. The topological polar surface area (TPSA) is 95.7 Å². The van der Waals surface area contributed by atoms with Crippen LogP contribution in [0.4, 0.5) is 10.5 Å². The number of carboxylic acid groups (broad SMARTS) is 1. The molecule has 0 unspecified atom stereocenters. The van der Waals surface area contributed by atoms with Crippen molar-refractivity contribution in [3.05, 3.63) is 36.2 Å². The number of rotatable bonds is 5. The summed E-state index contributed by atoms with van der Waals surface area (Å²) in [5.41, 5.74) is 2.35. The number of nitrogens with one attached hydrogen (secondary N) is 1. The number of urea groups is 1. The number of hydrogen-bond donors (Lipinski definition) is 2. The zero-order valence-corrected chi connectivity index (χ0v) is 12.4. The van der Waals surface area contributed by atoms with Gasteiger partial charge >= 0.3 is 12.0 Å². The quantitative estimate of drug-likeness (QED) is 0.885. The normalized spacial score (nSPS) is 10.3. The summed E-state index contributed by atoms with van der Waals surface area (Å²) in [6, 6.07) is 5.02. The third kappa shape index (κ3) is 3.85. The number of aromatic nitrogens is 1. The lowest BCUT2D eigenvalue weighted by atomic mass is 10.1. The van der Waals surface area contributed by atoms with Crippen molar-refractivity contribution in [2.75, 3.05) is 18.9 Å². The second-order valence-corrected chi connectivity index (χ2v) is 4.86. The summed E-state index contributed by atoms with van der Waals surface area (Å²) in [4.78, 5) is 27.9. The van der Waals surface area contributed by atoms with E-state index < -0.39 is 5.97 Å². The van der Waals surface area contributed by atoms with Gasteiger partial charge in [0.15, 0.2) is 0 Å². The van der Waals surface area contributed by atoms with Gasteiger partial charge in [-0.05, 0) is 24.6 Å². The summed E-state index contributed by atoms with van der Waals surface area (Å²) < 4.78 is 5.27. The number of amides is 2. The second-order valence-electron chi connectivity index (χ2n) is 4.86. The molecule has 0 saturated carbocycles. The minimum atomic E-state index is -0.943. The second kappa shape index (κ2) is 6.75. The van der Waals surface area contributed by atoms with Crippen LogP contribution in [0.5, 0.6) is 0 Å². The van der Waals surface area contributed by atoms with Crippen LogP contribution in [-0.4, -0.2) is 40.6 Å². The number of carboxylic acids is 1. The first-order chi connectivity index (χ1) is 10.5. The van der Waals surface area contributed by atoms with Gasteiger partial charge < -0.3 is 19.7 Å². The van der Waals surface area contributed by atoms with Gasteiger partial charge in [-0.25, -0.2) is 9.78 Å². The molecule has 1 heterocycles. The Hall–Kier alpha value is -2.83. The molecule has 2 aromatic rings. The predicted molar refractivity (Wildman–Crippen MR) is 80.6 cm³/mol. The van der Waals surface area contributed by atoms with Gasteiger partial charge in [0, 0.05) is 24.8 Å². The summed E-state index contributed by atoms with van der Waals surface area (Å²) in [5, 5.41) is 11.4. The highest BCUT2D eigenvalue weighted by Crippen LogP contribution is 2.25. The summed E-state index contributed by atoms with van der Waals surface area (Å²) >= 11 is 0. The highest BCUT2D eigenvalue weighted by Gasteiger charge is 2.12. The zero-order valence-electron chi connectivity index (χ0n) is 12.4. The van der Waals surface area contributed by atoms with Gasteiger partial charge in [0.05, 0.1) is 12.6 Å². The molecule has 0 fully saturated rings. The van der Waals surface area contributed by atoms with Gasteiger partial charge in [0.2, 0.25) is 5.89 Å². The molecule has 0 spiro atoms. The van der Waals surface area contributed by atoms with E-state index in [0.29, 0.717) is 11.6 Å². The maximum Gasteiger partial charge on any atom is 0.321 e. The molecule has 0 bridgehead atoms. The maximum absolute atomic E-state index is 12.0. The number of anilines is 1. The maximum atomic E-state index is 12.0. The van der Waals surface area contributed by atoms with Crippen LogP contribution in [0, 0.1) is 6.92 Å². The van der Waals surface area contributed by atoms with Gasteiger partial charge in [-0.1, -0.05) is 6.07 Å². The van der Waals surface area contributed by atoms with E-state index in [4.69, 9.17) is 9.52 Å². The van der Waals surface area contributed by atoms with Crippen molar-refractivity contribution in [2.45, 2.75) is 13.3 Å². The minimum absolute atomic E-state index is 0.0978. The first-order valence-corrected chi connectivity index (χ1v) is 6.72. The molecule has 1 aromatic carbocycles. The lowest BCUT2D eigenvalue weighted by Crippen LogP contribution is -2.33. The molecule has 22 heavy (non-hydrogen) atoms. The van der Waals surface area contributed by atoms with Crippen molar-refractivity contribution < 1.29 is 19.1 Å². The van der Waals surface area contributed by atoms with E-state index in [1.54, 1.807) is 25.4 Å². The number of hydrogen-bond acceptors (Lipinski definition) is 4. The van der Waals surface area contributed by atoms with Gasteiger partial charge in [0.1, 0.15) is 6.26 Å². The van der Waals surface area contributed by atoms with E-state index in [1.165, 1.54) is 11.2 Å². The van der Waals surface area contributed by atoms with Gasteiger partial charge in [0.25, 0.3) is 0 Å². The molecule has 2 N–H and O–H groups in total. The first kappa shape index (κ1) is 15.6. The summed E-state index contributed by atoms with van der Waals surface area (Å²) in [5.74, 6) is -0.464. The highest BCUT2D eigenvalue weighted by molar-refractivity contribution is 5.90. The van der Waals surface area contributed by atoms with E-state index in [9.17, 15) is 9.59 Å². The molecule has 116 valence electrons. The predicted octanol–water partition coefficient (Wildman–Crippen LogP) is 2.59. The number of aryl methyl sites for hydroxylation is 1. The van der Waals surface area contributed by atoms with Gasteiger partial charge in [-0.3, -0.25) is 4.79 Å². The van der Waals surface area contributed by atoms with Crippen LogP contribution in [0.1, 0.15) is 12.0 Å². The number of benzene rings is 1. The Morgan fingerprint density at radius 1 is 1.41 bits per heavy atom. The molecule has 0 saturated heterocycles. The standard InChI is InChI=1S/C15H17N3O4/c1-10-3-4-11(9-12(10)14-16-6-8-22-14)17-15(21)18(2)7-5-13(19)20/h3-4,6,8-9H,5,7H2,1-2H3,(H,17,21)(H,19,20). The average Bonchev–Trinajstić information content (AvgIpc) is 3.00. The van der Waals surface area contributed by atoms with E-state index in [1.807, 2.05) is 13.0 Å². The molecule has 2 amide bonds. The fraction of sp³-hybridized carbons (Fsp3) is 0.267. The van der Waals surface area contributed by atoms with E-state index in [-0.39, 0.29) is 19.0 Å². The molecule has 7 heteroatoms. The molecule has 1 aromatic heterocycles. The molecular weight excluding hydrogens is 286 g/mol. The molecule has 0 atom stereocenters. The van der Waals surface area contributed by atoms with Crippen molar-refractivity contribution >= 4 is 17.7 Å². The molecule has 2 rings (SSSR count). The average molecular weight is 303 g/mol. The Bertz CT molecular complexity index is 667.